The van der Waals surface area contributed by atoms with E-state index in [4.69, 9.17) is 4.42 Å². The molecule has 2 aliphatic rings. The zero-order valence-electron chi connectivity index (χ0n) is 33.8. The van der Waals surface area contributed by atoms with Crippen LogP contribution in [0, 0.1) is 6.92 Å². The summed E-state index contributed by atoms with van der Waals surface area (Å²) in [6.45, 7) is 2.22. The fourth-order valence-electron chi connectivity index (χ4n) is 10.4. The van der Waals surface area contributed by atoms with Gasteiger partial charge >= 0.3 is 0 Å². The van der Waals surface area contributed by atoms with Gasteiger partial charge in [-0.1, -0.05) is 163 Å². The van der Waals surface area contributed by atoms with Crippen LogP contribution in [0.1, 0.15) is 50.4 Å². The molecule has 0 amide bonds. The third kappa shape index (κ3) is 5.65. The molecule has 2 heterocycles. The van der Waals surface area contributed by atoms with E-state index < -0.39 is 0 Å². The van der Waals surface area contributed by atoms with Gasteiger partial charge in [0.25, 0.3) is 0 Å². The van der Waals surface area contributed by atoms with E-state index in [0.29, 0.717) is 0 Å². The molecule has 10 aromatic rings. The maximum Gasteiger partial charge on any atom is 0.137 e. The lowest BCUT2D eigenvalue weighted by Gasteiger charge is -2.39. The molecule has 3 heteroatoms. The summed E-state index contributed by atoms with van der Waals surface area (Å²) < 4.78 is 6.75. The van der Waals surface area contributed by atoms with Crippen LogP contribution in [-0.4, -0.2) is 0 Å². The second-order valence-corrected chi connectivity index (χ2v) is 17.5. The van der Waals surface area contributed by atoms with E-state index in [0.717, 1.165) is 45.4 Å². The molecule has 9 aromatic carbocycles. The third-order valence-electron chi connectivity index (χ3n) is 13.0. The molecule has 0 saturated carbocycles. The molecular weight excluding hydrogens is 759 g/mol. The lowest BCUT2D eigenvalue weighted by molar-refractivity contribution is 0.668. The first-order valence-electron chi connectivity index (χ1n) is 21.2. The molecule has 1 unspecified atom stereocenters. The van der Waals surface area contributed by atoms with Crippen LogP contribution in [0.4, 0.5) is 17.1 Å². The number of para-hydroxylation sites is 2. The SMILES string of the molecule is Cc1cc(N(c2ccccc2)c2ccccc2)cc2oc3ccc(C(Cc4ccccc4)c4ccc5c(c4)-c4ccccc4C54c5ccccc5Sc5ccccc54)cc3c12. The summed E-state index contributed by atoms with van der Waals surface area (Å²) >= 11 is 1.89. The molecule has 0 radical (unpaired) electrons. The number of hydrogen-bond acceptors (Lipinski definition) is 3. The van der Waals surface area contributed by atoms with Crippen LogP contribution in [0.3, 0.4) is 0 Å². The van der Waals surface area contributed by atoms with E-state index in [2.05, 4.69) is 224 Å². The number of anilines is 3. The number of hydrogen-bond donors (Lipinski definition) is 0. The van der Waals surface area contributed by atoms with Crippen molar-refractivity contribution in [2.45, 2.75) is 34.5 Å². The van der Waals surface area contributed by atoms with Gasteiger partial charge in [-0.05, 0) is 124 Å². The van der Waals surface area contributed by atoms with Crippen molar-refractivity contribution in [3.8, 4) is 11.1 Å². The van der Waals surface area contributed by atoms with Crippen molar-refractivity contribution in [2.24, 2.45) is 0 Å². The predicted molar refractivity (Wildman–Crippen MR) is 253 cm³/mol. The molecule has 2 nitrogen and oxygen atoms in total. The smallest absolute Gasteiger partial charge is 0.137 e. The number of furan rings is 1. The summed E-state index contributed by atoms with van der Waals surface area (Å²) in [5, 5.41) is 2.32. The topological polar surface area (TPSA) is 16.4 Å². The summed E-state index contributed by atoms with van der Waals surface area (Å²) in [5.74, 6) is 0.110. The first-order valence-corrected chi connectivity index (χ1v) is 22.0. The first-order chi connectivity index (χ1) is 30.1. The molecule has 61 heavy (non-hydrogen) atoms. The Hall–Kier alpha value is -7.07. The van der Waals surface area contributed by atoms with Crippen molar-refractivity contribution in [1.29, 1.82) is 0 Å². The molecule has 0 bridgehead atoms. The van der Waals surface area contributed by atoms with Gasteiger partial charge in [0.1, 0.15) is 11.2 Å². The van der Waals surface area contributed by atoms with Gasteiger partial charge in [0.05, 0.1) is 11.1 Å². The van der Waals surface area contributed by atoms with E-state index in [-0.39, 0.29) is 11.3 Å². The number of nitrogens with zero attached hydrogens (tertiary/aromatic N) is 1. The van der Waals surface area contributed by atoms with Crippen LogP contribution < -0.4 is 4.90 Å². The highest BCUT2D eigenvalue weighted by atomic mass is 32.2. The monoisotopic (exact) mass is 799 g/mol. The molecule has 1 spiro atoms. The van der Waals surface area contributed by atoms with E-state index in [1.54, 1.807) is 0 Å². The van der Waals surface area contributed by atoms with Crippen LogP contribution >= 0.6 is 11.8 Å². The Balaban J connectivity index is 1.02. The minimum absolute atomic E-state index is 0.110. The molecule has 0 saturated heterocycles. The van der Waals surface area contributed by atoms with Gasteiger partial charge in [0.15, 0.2) is 0 Å². The molecular formula is C58H41NOS. The van der Waals surface area contributed by atoms with Gasteiger partial charge in [0.2, 0.25) is 0 Å². The van der Waals surface area contributed by atoms with Gasteiger partial charge in [0, 0.05) is 43.9 Å². The quantitative estimate of drug-likeness (QED) is 0.160. The normalized spacial score (nSPS) is 13.7. The van der Waals surface area contributed by atoms with Crippen LogP contribution in [0.25, 0.3) is 33.1 Å². The van der Waals surface area contributed by atoms with Crippen molar-refractivity contribution in [3.05, 3.63) is 257 Å². The molecule has 0 fully saturated rings. The summed E-state index contributed by atoms with van der Waals surface area (Å²) in [6.07, 6.45) is 0.877. The summed E-state index contributed by atoms with van der Waals surface area (Å²) in [7, 11) is 0. The molecule has 12 rings (SSSR count). The summed E-state index contributed by atoms with van der Waals surface area (Å²) in [6, 6.07) is 78.1. The first kappa shape index (κ1) is 35.8. The molecule has 1 aliphatic carbocycles. The van der Waals surface area contributed by atoms with Crippen molar-refractivity contribution < 1.29 is 4.42 Å². The third-order valence-corrected chi connectivity index (χ3v) is 14.2. The minimum Gasteiger partial charge on any atom is -0.456 e. The average molecular weight is 800 g/mol. The van der Waals surface area contributed by atoms with E-state index in [1.807, 2.05) is 11.8 Å². The van der Waals surface area contributed by atoms with Crippen LogP contribution in [-0.2, 0) is 11.8 Å². The highest BCUT2D eigenvalue weighted by Gasteiger charge is 2.50. The molecule has 1 aromatic heterocycles. The minimum atomic E-state index is -0.389. The second-order valence-electron chi connectivity index (χ2n) is 16.4. The number of fused-ring (bicyclic) bond motifs is 12. The lowest BCUT2D eigenvalue weighted by atomic mass is 9.67. The van der Waals surface area contributed by atoms with Gasteiger partial charge < -0.3 is 9.32 Å². The van der Waals surface area contributed by atoms with E-state index in [9.17, 15) is 0 Å². The van der Waals surface area contributed by atoms with Crippen molar-refractivity contribution in [3.63, 3.8) is 0 Å². The Kier molecular flexibility index (Phi) is 8.40. The van der Waals surface area contributed by atoms with Gasteiger partial charge in [-0.3, -0.25) is 0 Å². The van der Waals surface area contributed by atoms with E-state index in [1.165, 1.54) is 65.4 Å². The Morgan fingerprint density at radius 1 is 0.475 bits per heavy atom. The van der Waals surface area contributed by atoms with Gasteiger partial charge in [-0.25, -0.2) is 0 Å². The zero-order valence-corrected chi connectivity index (χ0v) is 34.6. The standard InChI is InChI=1S/C58H41NOS/c1-38-33-44(59(42-19-7-3-8-20-42)43-21-9-4-10-22-43)37-54-57(38)48-36-41(30-32-53(48)60-54)46(34-39-17-5-2-6-18-39)40-29-31-50-47(35-40)45-23-11-12-24-49(45)58(50)51-25-13-15-27-55(51)61-56-28-16-14-26-52(56)58/h2-33,35-37,46H,34H2,1H3. The second kappa shape index (κ2) is 14.3. The lowest BCUT2D eigenvalue weighted by Crippen LogP contribution is -2.31. The zero-order chi connectivity index (χ0) is 40.5. The Morgan fingerprint density at radius 3 is 1.72 bits per heavy atom. The fourth-order valence-corrected chi connectivity index (χ4v) is 11.6. The Bertz CT molecular complexity index is 3190. The molecule has 290 valence electrons. The molecule has 1 aliphatic heterocycles. The maximum absolute atomic E-state index is 6.75. The Morgan fingerprint density at radius 2 is 1.03 bits per heavy atom. The molecule has 0 N–H and O–H groups in total. The van der Waals surface area contributed by atoms with Gasteiger partial charge in [-0.15, -0.1) is 0 Å². The van der Waals surface area contributed by atoms with Crippen molar-refractivity contribution in [2.75, 3.05) is 4.90 Å². The fraction of sp³-hybridized carbons (Fsp3) is 0.0690. The Labute approximate surface area is 360 Å². The summed E-state index contributed by atoms with van der Waals surface area (Å²) in [4.78, 5) is 4.96. The molecule has 1 atom stereocenters. The highest BCUT2D eigenvalue weighted by molar-refractivity contribution is 7.99. The largest absolute Gasteiger partial charge is 0.456 e. The summed E-state index contributed by atoms with van der Waals surface area (Å²) in [5.41, 5.74) is 17.9. The van der Waals surface area contributed by atoms with Crippen LogP contribution in [0.2, 0.25) is 0 Å². The highest BCUT2D eigenvalue weighted by Crippen LogP contribution is 2.62. The van der Waals surface area contributed by atoms with Crippen LogP contribution in [0.5, 0.6) is 0 Å². The average Bonchev–Trinajstić information content (AvgIpc) is 3.83. The van der Waals surface area contributed by atoms with E-state index >= 15 is 0 Å². The predicted octanol–water partition coefficient (Wildman–Crippen LogP) is 15.6. The number of aryl methyl sites for hydroxylation is 1. The number of benzene rings is 9. The van der Waals surface area contributed by atoms with Crippen LogP contribution in [0.15, 0.2) is 227 Å². The number of rotatable bonds is 7. The maximum atomic E-state index is 6.75. The van der Waals surface area contributed by atoms with Crippen molar-refractivity contribution >= 4 is 50.8 Å². The van der Waals surface area contributed by atoms with Gasteiger partial charge in [-0.2, -0.15) is 0 Å². The van der Waals surface area contributed by atoms with Crippen molar-refractivity contribution in [1.82, 2.24) is 0 Å².